The van der Waals surface area contributed by atoms with Crippen LogP contribution in [-0.4, -0.2) is 36.5 Å². The van der Waals surface area contributed by atoms with E-state index in [2.05, 4.69) is 154 Å². The van der Waals surface area contributed by atoms with Crippen molar-refractivity contribution in [1.29, 1.82) is 0 Å². The van der Waals surface area contributed by atoms with E-state index in [0.29, 0.717) is 6.42 Å². The van der Waals surface area contributed by atoms with Crippen molar-refractivity contribution < 1.29 is 23.7 Å². The van der Waals surface area contributed by atoms with E-state index in [1.807, 2.05) is 26.0 Å². The fraction of sp³-hybridized carbons (Fsp3) is 0.453. The Labute approximate surface area is 367 Å². The van der Waals surface area contributed by atoms with Gasteiger partial charge in [-0.3, -0.25) is 4.79 Å². The Morgan fingerprint density at radius 1 is 0.600 bits per heavy atom. The Kier molecular flexibility index (Phi) is 13.9. The van der Waals surface area contributed by atoms with Gasteiger partial charge in [0, 0.05) is 25.6 Å². The van der Waals surface area contributed by atoms with Crippen molar-refractivity contribution in [2.75, 3.05) is 13.2 Å². The largest absolute Gasteiger partial charge is 0.491 e. The second-order valence-electron chi connectivity index (χ2n) is 19.8. The number of esters is 1. The number of benzene rings is 4. The van der Waals surface area contributed by atoms with Crippen molar-refractivity contribution in [2.24, 2.45) is 16.7 Å². The van der Waals surface area contributed by atoms with E-state index in [1.54, 1.807) is 22.7 Å². The molecule has 6 rings (SSSR count). The lowest BCUT2D eigenvalue weighted by atomic mass is 9.72. The van der Waals surface area contributed by atoms with Gasteiger partial charge < -0.3 is 18.9 Å². The molecule has 4 aromatic carbocycles. The Bertz CT molecular complexity index is 2250. The maximum absolute atomic E-state index is 13.8. The summed E-state index contributed by atoms with van der Waals surface area (Å²) in [5, 5.41) is 2.40. The van der Waals surface area contributed by atoms with Crippen molar-refractivity contribution in [2.45, 2.75) is 126 Å². The topological polar surface area (TPSA) is 54.0 Å². The highest BCUT2D eigenvalue weighted by atomic mass is 32.1. The zero-order valence-corrected chi connectivity index (χ0v) is 39.6. The number of hydrogen-bond donors (Lipinski definition) is 0. The number of hydrogen-bond acceptors (Lipinski definition) is 7. The highest BCUT2D eigenvalue weighted by molar-refractivity contribution is 7.22. The first-order valence-electron chi connectivity index (χ1n) is 21.6. The van der Waals surface area contributed by atoms with Gasteiger partial charge in [-0.25, -0.2) is 0 Å². The summed E-state index contributed by atoms with van der Waals surface area (Å²) >= 11 is 3.58. The molecular formula is C53H66O5S2. The quantitative estimate of drug-likeness (QED) is 0.0856. The van der Waals surface area contributed by atoms with Gasteiger partial charge in [0.15, 0.2) is 0 Å². The van der Waals surface area contributed by atoms with Gasteiger partial charge in [0.1, 0.15) is 36.4 Å². The van der Waals surface area contributed by atoms with Crippen molar-refractivity contribution in [3.63, 3.8) is 0 Å². The summed E-state index contributed by atoms with van der Waals surface area (Å²) in [6, 6.07) is 34.5. The van der Waals surface area contributed by atoms with E-state index >= 15 is 0 Å². The third kappa shape index (κ3) is 11.8. The monoisotopic (exact) mass is 846 g/mol. The second-order valence-corrected chi connectivity index (χ2v) is 22.0. The Morgan fingerprint density at radius 3 is 1.50 bits per heavy atom. The normalized spacial score (nSPS) is 13.3. The van der Waals surface area contributed by atoms with Gasteiger partial charge in [0.05, 0.1) is 11.5 Å². The summed E-state index contributed by atoms with van der Waals surface area (Å²) < 4.78 is 28.7. The van der Waals surface area contributed by atoms with Gasteiger partial charge in [-0.2, -0.15) is 0 Å². The molecule has 60 heavy (non-hydrogen) atoms. The molecule has 0 saturated heterocycles. The summed E-state index contributed by atoms with van der Waals surface area (Å²) in [6.07, 6.45) is 2.79. The minimum atomic E-state index is -0.773. The lowest BCUT2D eigenvalue weighted by Crippen LogP contribution is -2.45. The molecule has 2 heterocycles. The van der Waals surface area contributed by atoms with Crippen molar-refractivity contribution in [3.05, 3.63) is 108 Å². The van der Waals surface area contributed by atoms with Crippen molar-refractivity contribution in [1.82, 2.24) is 0 Å². The van der Waals surface area contributed by atoms with E-state index in [-0.39, 0.29) is 35.9 Å². The van der Waals surface area contributed by atoms with Gasteiger partial charge >= 0.3 is 5.97 Å². The predicted octanol–water partition coefficient (Wildman–Crippen LogP) is 15.0. The molecule has 1 unspecified atom stereocenters. The smallest absolute Gasteiger partial charge is 0.310 e. The summed E-state index contributed by atoms with van der Waals surface area (Å²) in [4.78, 5) is 16.3. The molecule has 0 aliphatic rings. The number of carbonyl (C=O) groups is 1. The minimum Gasteiger partial charge on any atom is -0.491 e. The van der Waals surface area contributed by atoms with Crippen LogP contribution in [-0.2, 0) is 27.1 Å². The molecule has 0 radical (unpaired) electrons. The number of rotatable bonds is 17. The fourth-order valence-electron chi connectivity index (χ4n) is 8.35. The Morgan fingerprint density at radius 2 is 1.07 bits per heavy atom. The first-order valence-corrected chi connectivity index (χ1v) is 23.3. The zero-order valence-electron chi connectivity index (χ0n) is 38.0. The number of thiophene rings is 2. The van der Waals surface area contributed by atoms with Crippen LogP contribution in [0.4, 0.5) is 0 Å². The first-order chi connectivity index (χ1) is 28.2. The number of carbonyl (C=O) groups excluding carboxylic acids is 1. The molecule has 0 spiro atoms. The molecule has 2 aromatic heterocycles. The van der Waals surface area contributed by atoms with E-state index in [4.69, 9.17) is 18.9 Å². The van der Waals surface area contributed by atoms with Gasteiger partial charge in [-0.05, 0) is 139 Å². The fourth-order valence-corrected chi connectivity index (χ4v) is 10.7. The number of fused-ring (bicyclic) bond motifs is 2. The van der Waals surface area contributed by atoms with Crippen molar-refractivity contribution in [3.8, 4) is 32.4 Å². The molecule has 1 atom stereocenters. The molecule has 7 heteroatoms. The number of aryl methyl sites for hydroxylation is 2. The first kappa shape index (κ1) is 45.4. The SMILES string of the molecule is CCc1ccccc1-c1cc2ccc(OCC(COc3ccc4cc(-c5ccccc5CC)sc4c3)OC(C)(C)CC(C)(C)OC(=O)C(CC(C)(C)C)C(C)(C)C)cc2s1. The average molecular weight is 847 g/mol. The van der Waals surface area contributed by atoms with Gasteiger partial charge in [-0.1, -0.05) is 104 Å². The maximum Gasteiger partial charge on any atom is 0.310 e. The summed E-state index contributed by atoms with van der Waals surface area (Å²) in [6.45, 7) is 26.0. The highest BCUT2D eigenvalue weighted by Gasteiger charge is 2.40. The van der Waals surface area contributed by atoms with Crippen LogP contribution in [0.1, 0.15) is 107 Å². The van der Waals surface area contributed by atoms with Gasteiger partial charge in [0.2, 0.25) is 0 Å². The van der Waals surface area contributed by atoms with Crippen LogP contribution >= 0.6 is 22.7 Å². The van der Waals surface area contributed by atoms with Crippen LogP contribution in [0.15, 0.2) is 97.1 Å². The van der Waals surface area contributed by atoms with Crippen LogP contribution in [0, 0.1) is 16.7 Å². The summed E-state index contributed by atoms with van der Waals surface area (Å²) in [5.41, 5.74) is 3.58. The number of ether oxygens (including phenoxy) is 4. The molecular weight excluding hydrogens is 781 g/mol. The zero-order chi connectivity index (χ0) is 43.5. The molecule has 0 amide bonds. The predicted molar refractivity (Wildman–Crippen MR) is 255 cm³/mol. The van der Waals surface area contributed by atoms with E-state index in [0.717, 1.165) is 30.8 Å². The van der Waals surface area contributed by atoms with Crippen molar-refractivity contribution >= 4 is 48.8 Å². The lowest BCUT2D eigenvalue weighted by molar-refractivity contribution is -0.178. The second kappa shape index (κ2) is 18.4. The molecule has 0 aliphatic heterocycles. The third-order valence-corrected chi connectivity index (χ3v) is 13.3. The highest BCUT2D eigenvalue weighted by Crippen LogP contribution is 2.41. The molecule has 0 aliphatic carbocycles. The van der Waals surface area contributed by atoms with E-state index in [9.17, 15) is 4.79 Å². The molecule has 320 valence electrons. The maximum atomic E-state index is 13.8. The van der Waals surface area contributed by atoms with Crippen LogP contribution in [0.25, 0.3) is 41.1 Å². The summed E-state index contributed by atoms with van der Waals surface area (Å²) in [5.74, 6) is 1.18. The van der Waals surface area contributed by atoms with Crippen LogP contribution in [0.3, 0.4) is 0 Å². The van der Waals surface area contributed by atoms with Crippen LogP contribution < -0.4 is 9.47 Å². The standard InChI is InChI=1S/C53H66O5S2/c1-13-35-19-15-17-21-42(35)47-27-37-23-25-39(29-45(37)59-47)55-32-41(57-52(9,10)34-53(11,12)58-49(54)44(51(6,7)8)31-50(3,4)5)33-56-40-26-24-38-28-48(60-46(38)30-40)43-22-18-16-20-36(43)14-2/h15-30,41,44H,13-14,31-34H2,1-12H3. The van der Waals surface area contributed by atoms with E-state index in [1.165, 1.54) is 52.2 Å². The van der Waals surface area contributed by atoms with E-state index < -0.39 is 17.3 Å². The average Bonchev–Trinajstić information content (AvgIpc) is 3.80. The lowest BCUT2D eigenvalue weighted by Gasteiger charge is -2.40. The molecule has 6 aromatic rings. The molecule has 5 nitrogen and oxygen atoms in total. The molecule has 0 N–H and O–H groups in total. The molecule has 0 fully saturated rings. The molecule has 0 bridgehead atoms. The Hall–Kier alpha value is -4.17. The molecule has 0 saturated carbocycles. The van der Waals surface area contributed by atoms with Crippen LogP contribution in [0.2, 0.25) is 0 Å². The summed E-state index contributed by atoms with van der Waals surface area (Å²) in [7, 11) is 0. The Balaban J connectivity index is 1.21. The van der Waals surface area contributed by atoms with Gasteiger partial charge in [0.25, 0.3) is 0 Å². The van der Waals surface area contributed by atoms with Gasteiger partial charge in [-0.15, -0.1) is 22.7 Å². The van der Waals surface area contributed by atoms with Crippen LogP contribution in [0.5, 0.6) is 11.5 Å². The minimum absolute atomic E-state index is 0.00961. The third-order valence-electron chi connectivity index (χ3n) is 11.0.